The maximum atomic E-state index is 11.1. The minimum Gasteiger partial charge on any atom is -0.437 e. The molecule has 2 heterocycles. The maximum Gasteiger partial charge on any atom is 0.288 e. The first-order chi connectivity index (χ1) is 10.1. The van der Waals surface area contributed by atoms with Gasteiger partial charge in [-0.05, 0) is 6.07 Å². The Balaban J connectivity index is 1.98. The molecule has 3 aromatic rings. The summed E-state index contributed by atoms with van der Waals surface area (Å²) in [5.74, 6) is 0.390. The van der Waals surface area contributed by atoms with Crippen LogP contribution in [0.25, 0.3) is 4.96 Å². The molecule has 0 bridgehead atoms. The highest BCUT2D eigenvalue weighted by atomic mass is 35.5. The van der Waals surface area contributed by atoms with Crippen molar-refractivity contribution in [3.63, 3.8) is 0 Å². The first kappa shape index (κ1) is 13.5. The second kappa shape index (κ2) is 5.15. The molecule has 0 aliphatic carbocycles. The molecule has 0 unspecified atom stereocenters. The molecule has 1 aromatic carbocycles. The molecule has 0 aliphatic rings. The van der Waals surface area contributed by atoms with Crippen LogP contribution in [0.2, 0.25) is 5.02 Å². The highest BCUT2D eigenvalue weighted by Gasteiger charge is 2.17. The van der Waals surface area contributed by atoms with Crippen molar-refractivity contribution in [1.29, 1.82) is 0 Å². The maximum absolute atomic E-state index is 11.1. The third-order valence-corrected chi connectivity index (χ3v) is 3.77. The van der Waals surface area contributed by atoms with Crippen LogP contribution in [0.3, 0.4) is 0 Å². The van der Waals surface area contributed by atoms with Gasteiger partial charge in [0.2, 0.25) is 5.88 Å². The largest absolute Gasteiger partial charge is 0.437 e. The Bertz CT molecular complexity index is 857. The first-order valence-corrected chi connectivity index (χ1v) is 6.88. The fraction of sp³-hybridized carbons (Fsp3) is 0. The van der Waals surface area contributed by atoms with Gasteiger partial charge in [-0.3, -0.25) is 19.3 Å². The summed E-state index contributed by atoms with van der Waals surface area (Å²) >= 11 is 7.16. The monoisotopic (exact) mass is 323 g/mol. The van der Waals surface area contributed by atoms with Gasteiger partial charge in [-0.15, -0.1) is 11.3 Å². The number of hydrogen-bond acceptors (Lipinski definition) is 6. The van der Waals surface area contributed by atoms with E-state index in [1.165, 1.54) is 29.5 Å². The van der Waals surface area contributed by atoms with Gasteiger partial charge >= 0.3 is 0 Å². The number of ether oxygens (including phenoxy) is 1. The van der Waals surface area contributed by atoms with Crippen molar-refractivity contribution < 1.29 is 14.5 Å². The van der Waals surface area contributed by atoms with E-state index >= 15 is 0 Å². The van der Waals surface area contributed by atoms with Gasteiger partial charge in [-0.25, -0.2) is 0 Å². The fourth-order valence-corrected chi connectivity index (χ4v) is 2.73. The number of fused-ring (bicyclic) bond motifs is 1. The number of rotatable bonds is 4. The van der Waals surface area contributed by atoms with Crippen molar-refractivity contribution >= 4 is 39.9 Å². The summed E-state index contributed by atoms with van der Waals surface area (Å²) in [5.41, 5.74) is 0.0474. The highest BCUT2D eigenvalue weighted by Crippen LogP contribution is 2.32. The minimum atomic E-state index is -0.588. The number of nitrogens with zero attached hydrogens (tertiary/aromatic N) is 3. The van der Waals surface area contributed by atoms with Crippen LogP contribution < -0.4 is 4.74 Å². The average molecular weight is 324 g/mol. The molecule has 0 saturated heterocycles. The molecule has 0 fully saturated rings. The van der Waals surface area contributed by atoms with E-state index in [0.717, 1.165) is 0 Å². The van der Waals surface area contributed by atoms with E-state index < -0.39 is 4.92 Å². The van der Waals surface area contributed by atoms with Gasteiger partial charge in [0.25, 0.3) is 5.69 Å². The molecule has 2 aromatic heterocycles. The third kappa shape index (κ3) is 2.34. The summed E-state index contributed by atoms with van der Waals surface area (Å²) < 4.78 is 7.09. The number of benzene rings is 1. The zero-order valence-corrected chi connectivity index (χ0v) is 11.8. The van der Waals surface area contributed by atoms with Crippen molar-refractivity contribution in [3.8, 4) is 11.6 Å². The number of carbonyl (C=O) groups excluding carboxylic acids is 1. The number of halogens is 1. The third-order valence-electron chi connectivity index (χ3n) is 2.71. The minimum absolute atomic E-state index is 0.0498. The molecule has 0 N–H and O–H groups in total. The van der Waals surface area contributed by atoms with Crippen molar-refractivity contribution in [3.05, 3.63) is 50.6 Å². The second-order valence-corrected chi connectivity index (χ2v) is 5.23. The van der Waals surface area contributed by atoms with E-state index in [9.17, 15) is 14.9 Å². The number of nitro groups is 1. The van der Waals surface area contributed by atoms with Gasteiger partial charge in [0.1, 0.15) is 10.8 Å². The van der Waals surface area contributed by atoms with Crippen molar-refractivity contribution in [2.45, 2.75) is 0 Å². The zero-order valence-electron chi connectivity index (χ0n) is 10.2. The van der Waals surface area contributed by atoms with E-state index in [0.29, 0.717) is 11.2 Å². The molecule has 0 aliphatic heterocycles. The van der Waals surface area contributed by atoms with Crippen molar-refractivity contribution in [2.24, 2.45) is 0 Å². The Labute approximate surface area is 126 Å². The smallest absolute Gasteiger partial charge is 0.288 e. The molecule has 0 atom stereocenters. The lowest BCUT2D eigenvalue weighted by Gasteiger charge is -2.03. The first-order valence-electron chi connectivity index (χ1n) is 5.62. The molecule has 21 heavy (non-hydrogen) atoms. The van der Waals surface area contributed by atoms with Crippen LogP contribution in [0, 0.1) is 10.1 Å². The molecule has 0 saturated carbocycles. The normalized spacial score (nSPS) is 10.7. The highest BCUT2D eigenvalue weighted by molar-refractivity contribution is 7.15. The van der Waals surface area contributed by atoms with E-state index in [2.05, 4.69) is 4.98 Å². The molecule has 7 nitrogen and oxygen atoms in total. The molecule has 3 rings (SSSR count). The number of hydrogen-bond donors (Lipinski definition) is 0. The number of carbonyl (C=O) groups is 1. The van der Waals surface area contributed by atoms with Crippen LogP contribution in [-0.4, -0.2) is 20.6 Å². The standard InChI is InChI=1S/C12H6ClN3O4S/c13-8-5-7(1-2-9(8)16(18)19)20-11-10(6-17)15-3-4-21-12(15)14-11/h1-6H. The van der Waals surface area contributed by atoms with Gasteiger partial charge in [-0.1, -0.05) is 11.6 Å². The van der Waals surface area contributed by atoms with Gasteiger partial charge in [0.05, 0.1) is 4.92 Å². The Hall–Kier alpha value is -2.45. The Morgan fingerprint density at radius 1 is 1.48 bits per heavy atom. The summed E-state index contributed by atoms with van der Waals surface area (Å²) in [6.45, 7) is 0. The fourth-order valence-electron chi connectivity index (χ4n) is 1.78. The molecule has 106 valence electrons. The molecule has 0 spiro atoms. The van der Waals surface area contributed by atoms with Gasteiger partial charge in [-0.2, -0.15) is 4.98 Å². The molecule has 9 heteroatoms. The summed E-state index contributed by atoms with van der Waals surface area (Å²) in [4.78, 5) is 26.0. The van der Waals surface area contributed by atoms with E-state index in [4.69, 9.17) is 16.3 Å². The summed E-state index contributed by atoms with van der Waals surface area (Å²) in [6.07, 6.45) is 2.33. The number of thiazole rings is 1. The Morgan fingerprint density at radius 3 is 2.95 bits per heavy atom. The van der Waals surface area contributed by atoms with Crippen LogP contribution in [0.1, 0.15) is 10.5 Å². The van der Waals surface area contributed by atoms with E-state index in [-0.39, 0.29) is 28.0 Å². The number of imidazole rings is 1. The molecule has 0 radical (unpaired) electrons. The lowest BCUT2D eigenvalue weighted by atomic mass is 10.3. The van der Waals surface area contributed by atoms with E-state index in [1.807, 2.05) is 0 Å². The van der Waals surface area contributed by atoms with Crippen LogP contribution in [0.5, 0.6) is 11.6 Å². The summed E-state index contributed by atoms with van der Waals surface area (Å²) in [6, 6.07) is 3.93. The molecular weight excluding hydrogens is 318 g/mol. The number of aromatic nitrogens is 2. The van der Waals surface area contributed by atoms with Crippen LogP contribution >= 0.6 is 22.9 Å². The number of nitro benzene ring substituents is 1. The van der Waals surface area contributed by atoms with Gasteiger partial charge < -0.3 is 4.74 Å². The van der Waals surface area contributed by atoms with Crippen molar-refractivity contribution in [1.82, 2.24) is 9.38 Å². The quantitative estimate of drug-likeness (QED) is 0.416. The second-order valence-electron chi connectivity index (χ2n) is 3.95. The van der Waals surface area contributed by atoms with Crippen LogP contribution in [-0.2, 0) is 0 Å². The Morgan fingerprint density at radius 2 is 2.29 bits per heavy atom. The predicted molar refractivity (Wildman–Crippen MR) is 76.6 cm³/mol. The predicted octanol–water partition coefficient (Wildman–Crippen LogP) is 3.56. The zero-order chi connectivity index (χ0) is 15.0. The number of aldehydes is 1. The van der Waals surface area contributed by atoms with E-state index in [1.54, 1.807) is 16.0 Å². The Kier molecular flexibility index (Phi) is 3.32. The SMILES string of the molecule is O=Cc1c(Oc2ccc([N+](=O)[O-])c(Cl)c2)nc2sccn12. The molecular formula is C12H6ClN3O4S. The van der Waals surface area contributed by atoms with Gasteiger partial charge in [0, 0.05) is 23.7 Å². The lowest BCUT2D eigenvalue weighted by Crippen LogP contribution is -1.93. The van der Waals surface area contributed by atoms with Gasteiger partial charge in [0.15, 0.2) is 16.9 Å². The lowest BCUT2D eigenvalue weighted by molar-refractivity contribution is -0.384. The summed E-state index contributed by atoms with van der Waals surface area (Å²) in [5, 5.41) is 12.4. The van der Waals surface area contributed by atoms with Crippen molar-refractivity contribution in [2.75, 3.05) is 0 Å². The van der Waals surface area contributed by atoms with Crippen LogP contribution in [0.15, 0.2) is 29.8 Å². The topological polar surface area (TPSA) is 86.7 Å². The van der Waals surface area contributed by atoms with Crippen LogP contribution in [0.4, 0.5) is 5.69 Å². The summed E-state index contributed by atoms with van der Waals surface area (Å²) in [7, 11) is 0. The average Bonchev–Trinajstić information content (AvgIpc) is 2.98. The molecule has 0 amide bonds.